The molecule has 0 saturated carbocycles. The second kappa shape index (κ2) is 12.8. The molecule has 0 radical (unpaired) electrons. The molecule has 3 rings (SSSR count). The summed E-state index contributed by atoms with van der Waals surface area (Å²) in [6.07, 6.45) is 0. The van der Waals surface area contributed by atoms with Gasteiger partial charge in [-0.1, -0.05) is 12.1 Å². The first-order valence-corrected chi connectivity index (χ1v) is 13.0. The zero-order valence-corrected chi connectivity index (χ0v) is 23.2. The van der Waals surface area contributed by atoms with Gasteiger partial charge in [-0.05, 0) is 31.2 Å². The number of ether oxygens (including phenoxy) is 4. The third-order valence-corrected chi connectivity index (χ3v) is 7.46. The molecule has 13 nitrogen and oxygen atoms in total. The van der Waals surface area contributed by atoms with E-state index in [1.807, 2.05) is 0 Å². The molecule has 1 amide bonds. The predicted molar refractivity (Wildman–Crippen MR) is 147 cm³/mol. The second-order valence-corrected chi connectivity index (χ2v) is 9.97. The molecule has 1 N–H and O–H groups in total. The van der Waals surface area contributed by atoms with Gasteiger partial charge in [0.1, 0.15) is 18.0 Å². The number of anilines is 1. The quantitative estimate of drug-likeness (QED) is 0.195. The summed E-state index contributed by atoms with van der Waals surface area (Å²) in [6.45, 7) is 0.842. The summed E-state index contributed by atoms with van der Waals surface area (Å²) in [7, 11) is 1.17. The number of nitro benzene ring substituents is 1. The SMILES string of the molecule is COc1ccc(OC)c(N(CC(=O)N/N=C(/C)c2cccc([N+](=O)[O-])c2)S(=O)(=O)c2ccc(OC)c(OC)c2)c1. The molecule has 0 atom stereocenters. The maximum Gasteiger partial charge on any atom is 0.270 e. The van der Waals surface area contributed by atoms with Crippen LogP contribution in [-0.4, -0.2) is 59.9 Å². The third-order valence-electron chi connectivity index (χ3n) is 5.71. The Bertz CT molecular complexity index is 1540. The topological polar surface area (TPSA) is 159 Å². The van der Waals surface area contributed by atoms with Crippen molar-refractivity contribution in [2.75, 3.05) is 39.3 Å². The van der Waals surface area contributed by atoms with E-state index in [0.29, 0.717) is 17.1 Å². The van der Waals surface area contributed by atoms with Crippen molar-refractivity contribution >= 4 is 33.0 Å². The van der Waals surface area contributed by atoms with Crippen molar-refractivity contribution in [3.8, 4) is 23.0 Å². The summed E-state index contributed by atoms with van der Waals surface area (Å²) in [5, 5.41) is 15.1. The number of hydrazone groups is 1. The average molecular weight is 573 g/mol. The maximum atomic E-state index is 13.9. The molecule has 0 aliphatic heterocycles. The van der Waals surface area contributed by atoms with Crippen LogP contribution < -0.4 is 28.7 Å². The lowest BCUT2D eigenvalue weighted by Crippen LogP contribution is -2.40. The van der Waals surface area contributed by atoms with Gasteiger partial charge < -0.3 is 18.9 Å². The van der Waals surface area contributed by atoms with E-state index >= 15 is 0 Å². The number of nitrogens with one attached hydrogen (secondary N) is 1. The van der Waals surface area contributed by atoms with Crippen LogP contribution in [0, 0.1) is 10.1 Å². The number of methoxy groups -OCH3 is 4. The van der Waals surface area contributed by atoms with E-state index < -0.39 is 27.4 Å². The fraction of sp³-hybridized carbons (Fsp3) is 0.231. The van der Waals surface area contributed by atoms with Crippen molar-refractivity contribution in [3.05, 3.63) is 76.3 Å². The van der Waals surface area contributed by atoms with Gasteiger partial charge >= 0.3 is 0 Å². The lowest BCUT2D eigenvalue weighted by molar-refractivity contribution is -0.384. The molecule has 14 heteroatoms. The Balaban J connectivity index is 2.02. The van der Waals surface area contributed by atoms with Crippen molar-refractivity contribution in [1.82, 2.24) is 5.43 Å². The molecule has 212 valence electrons. The highest BCUT2D eigenvalue weighted by atomic mass is 32.2. The monoisotopic (exact) mass is 572 g/mol. The Labute approximate surface area is 231 Å². The fourth-order valence-corrected chi connectivity index (χ4v) is 5.06. The van der Waals surface area contributed by atoms with Gasteiger partial charge in [-0.15, -0.1) is 0 Å². The van der Waals surface area contributed by atoms with Gasteiger partial charge in [-0.25, -0.2) is 13.8 Å². The number of non-ortho nitro benzene ring substituents is 1. The van der Waals surface area contributed by atoms with Crippen LogP contribution in [0.25, 0.3) is 0 Å². The molecule has 0 aliphatic rings. The number of carbonyl (C=O) groups is 1. The maximum absolute atomic E-state index is 13.9. The number of rotatable bonds is 12. The highest BCUT2D eigenvalue weighted by molar-refractivity contribution is 7.92. The first-order chi connectivity index (χ1) is 19.0. The van der Waals surface area contributed by atoms with Crippen LogP contribution in [0.2, 0.25) is 0 Å². The van der Waals surface area contributed by atoms with Gasteiger partial charge in [0.25, 0.3) is 21.6 Å². The number of hydrogen-bond donors (Lipinski definition) is 1. The van der Waals surface area contributed by atoms with Crippen molar-refractivity contribution in [2.45, 2.75) is 11.8 Å². The minimum Gasteiger partial charge on any atom is -0.497 e. The van der Waals surface area contributed by atoms with Crippen molar-refractivity contribution in [2.24, 2.45) is 5.10 Å². The highest BCUT2D eigenvalue weighted by Crippen LogP contribution is 2.37. The molecule has 3 aromatic carbocycles. The van der Waals surface area contributed by atoms with E-state index in [2.05, 4.69) is 10.5 Å². The number of nitrogens with zero attached hydrogens (tertiary/aromatic N) is 3. The van der Waals surface area contributed by atoms with Crippen LogP contribution >= 0.6 is 0 Å². The smallest absolute Gasteiger partial charge is 0.270 e. The van der Waals surface area contributed by atoms with Crippen LogP contribution in [0.3, 0.4) is 0 Å². The van der Waals surface area contributed by atoms with Crippen LogP contribution in [0.5, 0.6) is 23.0 Å². The summed E-state index contributed by atoms with van der Waals surface area (Å²) < 4.78 is 49.8. The molecule has 0 saturated heterocycles. The summed E-state index contributed by atoms with van der Waals surface area (Å²) in [5.41, 5.74) is 2.88. The third kappa shape index (κ3) is 6.58. The lowest BCUT2D eigenvalue weighted by atomic mass is 10.1. The minimum atomic E-state index is -4.39. The van der Waals surface area contributed by atoms with Crippen LogP contribution in [0.4, 0.5) is 11.4 Å². The standard InChI is InChI=1S/C26H28N4O9S/c1-17(18-7-6-8-19(13-18)30(32)33)27-28-26(31)16-29(22-14-20(36-2)9-11-23(22)37-3)40(34,35)21-10-12-24(38-4)25(15-21)39-5/h6-15H,16H2,1-5H3,(H,28,31)/b27-17-. The molecule has 0 bridgehead atoms. The molecular weight excluding hydrogens is 544 g/mol. The van der Waals surface area contributed by atoms with Gasteiger partial charge in [0.2, 0.25) is 0 Å². The van der Waals surface area contributed by atoms with Crippen LogP contribution in [-0.2, 0) is 14.8 Å². The van der Waals surface area contributed by atoms with E-state index in [9.17, 15) is 23.3 Å². The Kier molecular flexibility index (Phi) is 9.50. The zero-order valence-electron chi connectivity index (χ0n) is 22.4. The Hall–Kier alpha value is -4.85. The van der Waals surface area contributed by atoms with E-state index in [1.54, 1.807) is 19.1 Å². The van der Waals surface area contributed by atoms with E-state index in [4.69, 9.17) is 18.9 Å². The Morgan fingerprint density at radius 1 is 0.925 bits per heavy atom. The molecule has 0 aliphatic carbocycles. The molecular formula is C26H28N4O9S. The van der Waals surface area contributed by atoms with Crippen molar-refractivity contribution < 1.29 is 37.1 Å². The van der Waals surface area contributed by atoms with Gasteiger partial charge in [-0.2, -0.15) is 5.10 Å². The number of carbonyl (C=O) groups excluding carboxylic acids is 1. The van der Waals surface area contributed by atoms with Crippen molar-refractivity contribution in [1.29, 1.82) is 0 Å². The van der Waals surface area contributed by atoms with Crippen LogP contribution in [0.1, 0.15) is 12.5 Å². The first kappa shape index (κ1) is 29.7. The average Bonchev–Trinajstić information content (AvgIpc) is 2.97. The molecule has 40 heavy (non-hydrogen) atoms. The molecule has 0 spiro atoms. The summed E-state index contributed by atoms with van der Waals surface area (Å²) in [4.78, 5) is 23.4. The minimum absolute atomic E-state index is 0.0335. The zero-order chi connectivity index (χ0) is 29.4. The van der Waals surface area contributed by atoms with E-state index in [1.165, 1.54) is 77.0 Å². The number of benzene rings is 3. The predicted octanol–water partition coefficient (Wildman–Crippen LogP) is 3.36. The fourth-order valence-electron chi connectivity index (χ4n) is 3.62. The Morgan fingerprint density at radius 3 is 2.23 bits per heavy atom. The van der Waals surface area contributed by atoms with Gasteiger partial charge in [-0.3, -0.25) is 19.2 Å². The van der Waals surface area contributed by atoms with Crippen LogP contribution in [0.15, 0.2) is 70.7 Å². The number of amides is 1. The lowest BCUT2D eigenvalue weighted by Gasteiger charge is -2.26. The molecule has 0 heterocycles. The second-order valence-electron chi connectivity index (χ2n) is 8.11. The van der Waals surface area contributed by atoms with Gasteiger partial charge in [0.15, 0.2) is 11.5 Å². The molecule has 0 fully saturated rings. The summed E-state index contributed by atoms with van der Waals surface area (Å²) in [5.74, 6) is 0.175. The number of hydrogen-bond acceptors (Lipinski definition) is 10. The molecule has 3 aromatic rings. The summed E-state index contributed by atoms with van der Waals surface area (Å²) in [6, 6.07) is 14.2. The first-order valence-electron chi connectivity index (χ1n) is 11.6. The van der Waals surface area contributed by atoms with Gasteiger partial charge in [0, 0.05) is 29.8 Å². The molecule has 0 aromatic heterocycles. The van der Waals surface area contributed by atoms with E-state index in [0.717, 1.165) is 4.31 Å². The highest BCUT2D eigenvalue weighted by Gasteiger charge is 2.31. The summed E-state index contributed by atoms with van der Waals surface area (Å²) >= 11 is 0. The van der Waals surface area contributed by atoms with Crippen molar-refractivity contribution in [3.63, 3.8) is 0 Å². The number of sulfonamides is 1. The Morgan fingerprint density at radius 2 is 1.60 bits per heavy atom. The largest absolute Gasteiger partial charge is 0.497 e. The number of nitro groups is 1. The normalized spacial score (nSPS) is 11.4. The van der Waals surface area contributed by atoms with Gasteiger partial charge in [0.05, 0.1) is 49.7 Å². The molecule has 0 unspecified atom stereocenters. The van der Waals surface area contributed by atoms with E-state index in [-0.39, 0.29) is 33.5 Å².